The lowest BCUT2D eigenvalue weighted by molar-refractivity contribution is 0.602. The van der Waals surface area contributed by atoms with E-state index < -0.39 is 9.84 Å². The fourth-order valence-electron chi connectivity index (χ4n) is 2.56. The molecule has 0 aliphatic heterocycles. The van der Waals surface area contributed by atoms with Crippen molar-refractivity contribution in [2.75, 3.05) is 25.9 Å². The third-order valence-corrected chi connectivity index (χ3v) is 5.14. The Morgan fingerprint density at radius 2 is 1.71 bits per heavy atom. The zero-order valence-electron chi connectivity index (χ0n) is 16.1. The molecule has 0 heterocycles. The normalized spacial score (nSPS) is 11.6. The molecule has 0 fully saturated rings. The van der Waals surface area contributed by atoms with Gasteiger partial charge in [0.25, 0.3) is 0 Å². The third-order valence-electron chi connectivity index (χ3n) is 4.01. The van der Waals surface area contributed by atoms with E-state index in [0.29, 0.717) is 35.9 Å². The molecular weight excluding hydrogens is 492 g/mol. The van der Waals surface area contributed by atoms with Crippen LogP contribution in [0.4, 0.5) is 4.39 Å². The Morgan fingerprint density at radius 3 is 2.32 bits per heavy atom. The monoisotopic (exact) mass is 519 g/mol. The summed E-state index contributed by atoms with van der Waals surface area (Å²) in [5.74, 6) is 0.477. The van der Waals surface area contributed by atoms with E-state index in [0.717, 1.165) is 18.5 Å². The molecule has 8 heteroatoms. The molecule has 0 aliphatic carbocycles. The lowest BCUT2D eigenvalue weighted by Gasteiger charge is -2.11. The van der Waals surface area contributed by atoms with Gasteiger partial charge < -0.3 is 10.6 Å². The van der Waals surface area contributed by atoms with Gasteiger partial charge in [-0.05, 0) is 49.1 Å². The maximum absolute atomic E-state index is 13.6. The number of nitrogens with one attached hydrogen (secondary N) is 2. The highest BCUT2D eigenvalue weighted by atomic mass is 127. The van der Waals surface area contributed by atoms with E-state index in [1.807, 2.05) is 25.1 Å². The van der Waals surface area contributed by atoms with Gasteiger partial charge in [-0.1, -0.05) is 30.3 Å². The Labute approximate surface area is 183 Å². The molecule has 2 rings (SSSR count). The lowest BCUT2D eigenvalue weighted by Crippen LogP contribution is -2.38. The first-order valence-corrected chi connectivity index (χ1v) is 10.8. The Kier molecular flexibility index (Phi) is 10.4. The molecule has 2 aromatic carbocycles. The number of hydrogen-bond acceptors (Lipinski definition) is 3. The van der Waals surface area contributed by atoms with Gasteiger partial charge in [0.2, 0.25) is 0 Å². The summed E-state index contributed by atoms with van der Waals surface area (Å²) >= 11 is 0. The Balaban J connectivity index is 0.00000392. The first kappa shape index (κ1) is 24.4. The van der Waals surface area contributed by atoms with Crippen molar-refractivity contribution in [2.45, 2.75) is 24.7 Å². The van der Waals surface area contributed by atoms with Gasteiger partial charge in [-0.3, -0.25) is 4.99 Å². The summed E-state index contributed by atoms with van der Waals surface area (Å²) in [6.45, 7) is 3.86. The van der Waals surface area contributed by atoms with Crippen LogP contribution in [0.2, 0.25) is 0 Å². The van der Waals surface area contributed by atoms with E-state index in [1.54, 1.807) is 24.3 Å². The summed E-state index contributed by atoms with van der Waals surface area (Å²) in [4.78, 5) is 4.80. The average molecular weight is 519 g/mol. The summed E-state index contributed by atoms with van der Waals surface area (Å²) < 4.78 is 36.6. The van der Waals surface area contributed by atoms with Crippen LogP contribution < -0.4 is 10.6 Å². The summed E-state index contributed by atoms with van der Waals surface area (Å²) in [6.07, 6.45) is 2.47. The van der Waals surface area contributed by atoms with E-state index in [1.165, 1.54) is 12.3 Å². The van der Waals surface area contributed by atoms with Crippen LogP contribution in [-0.2, 0) is 22.7 Å². The number of guanidine groups is 1. The molecule has 0 saturated carbocycles. The zero-order chi connectivity index (χ0) is 19.7. The molecule has 2 aromatic rings. The van der Waals surface area contributed by atoms with Crippen LogP contribution in [0.1, 0.15) is 18.1 Å². The van der Waals surface area contributed by atoms with E-state index in [4.69, 9.17) is 0 Å². The van der Waals surface area contributed by atoms with Gasteiger partial charge in [0.15, 0.2) is 15.8 Å². The zero-order valence-corrected chi connectivity index (χ0v) is 19.3. The van der Waals surface area contributed by atoms with Gasteiger partial charge in [0.05, 0.1) is 4.90 Å². The van der Waals surface area contributed by atoms with Crippen LogP contribution in [0.25, 0.3) is 0 Å². The van der Waals surface area contributed by atoms with Crippen LogP contribution >= 0.6 is 24.0 Å². The molecule has 0 unspecified atom stereocenters. The molecule has 0 amide bonds. The van der Waals surface area contributed by atoms with Crippen LogP contribution in [-0.4, -0.2) is 40.3 Å². The fraction of sp³-hybridized carbons (Fsp3) is 0.350. The van der Waals surface area contributed by atoms with Gasteiger partial charge in [-0.2, -0.15) is 0 Å². The van der Waals surface area contributed by atoms with Crippen LogP contribution in [0.15, 0.2) is 58.4 Å². The molecule has 0 aromatic heterocycles. The molecule has 0 bridgehead atoms. The highest BCUT2D eigenvalue weighted by Crippen LogP contribution is 2.10. The minimum absolute atomic E-state index is 0. The second-order valence-corrected chi connectivity index (χ2v) is 8.21. The van der Waals surface area contributed by atoms with Crippen molar-refractivity contribution < 1.29 is 12.8 Å². The number of sulfone groups is 1. The number of rotatable bonds is 8. The lowest BCUT2D eigenvalue weighted by atomic mass is 10.1. The van der Waals surface area contributed by atoms with Crippen LogP contribution in [0, 0.1) is 5.82 Å². The average Bonchev–Trinajstić information content (AvgIpc) is 2.63. The minimum atomic E-state index is -3.17. The van der Waals surface area contributed by atoms with E-state index in [2.05, 4.69) is 15.6 Å². The maximum Gasteiger partial charge on any atom is 0.191 e. The standard InChI is InChI=1S/C20H26FN3O2S.HI/c1-3-22-20(24-15-13-17-6-4-5-7-19(17)21)23-14-12-16-8-10-18(11-9-16)27(2,25)26;/h4-11H,3,12-15H2,1-2H3,(H2,22,23,24);1H. The first-order chi connectivity index (χ1) is 12.9. The molecular formula is C20H27FIN3O2S. The van der Waals surface area contributed by atoms with Gasteiger partial charge in [0, 0.05) is 25.9 Å². The van der Waals surface area contributed by atoms with Crippen molar-refractivity contribution in [2.24, 2.45) is 4.99 Å². The smallest absolute Gasteiger partial charge is 0.191 e. The summed E-state index contributed by atoms with van der Waals surface area (Å²) in [7, 11) is -3.17. The molecule has 0 aliphatic rings. The molecule has 0 atom stereocenters. The predicted molar refractivity (Wildman–Crippen MR) is 123 cm³/mol. The quantitative estimate of drug-likeness (QED) is 0.320. The van der Waals surface area contributed by atoms with Gasteiger partial charge in [0.1, 0.15) is 5.82 Å². The van der Waals surface area contributed by atoms with E-state index >= 15 is 0 Å². The number of benzene rings is 2. The molecule has 2 N–H and O–H groups in total. The Bertz CT molecular complexity index is 871. The number of halogens is 2. The summed E-state index contributed by atoms with van der Waals surface area (Å²) in [5, 5.41) is 6.41. The molecule has 28 heavy (non-hydrogen) atoms. The maximum atomic E-state index is 13.6. The topological polar surface area (TPSA) is 70.6 Å². The SMILES string of the molecule is CCNC(=NCCc1ccccc1F)NCCc1ccc(S(C)(=O)=O)cc1.I. The molecule has 154 valence electrons. The van der Waals surface area contributed by atoms with Crippen LogP contribution in [0.5, 0.6) is 0 Å². The van der Waals surface area contributed by atoms with Crippen molar-refractivity contribution in [3.8, 4) is 0 Å². The van der Waals surface area contributed by atoms with Gasteiger partial charge in [-0.15, -0.1) is 24.0 Å². The van der Waals surface area contributed by atoms with Crippen molar-refractivity contribution in [1.82, 2.24) is 10.6 Å². The highest BCUT2D eigenvalue weighted by Gasteiger charge is 2.06. The highest BCUT2D eigenvalue weighted by molar-refractivity contribution is 14.0. The minimum Gasteiger partial charge on any atom is -0.357 e. The molecule has 0 radical (unpaired) electrons. The molecule has 5 nitrogen and oxygen atoms in total. The van der Waals surface area contributed by atoms with Crippen LogP contribution in [0.3, 0.4) is 0 Å². The van der Waals surface area contributed by atoms with Crippen molar-refractivity contribution in [3.63, 3.8) is 0 Å². The largest absolute Gasteiger partial charge is 0.357 e. The van der Waals surface area contributed by atoms with Crippen molar-refractivity contribution in [3.05, 3.63) is 65.5 Å². The Morgan fingerprint density at radius 1 is 1.04 bits per heavy atom. The molecule has 0 saturated heterocycles. The number of hydrogen-bond donors (Lipinski definition) is 2. The number of aliphatic imine (C=N–C) groups is 1. The fourth-order valence-corrected chi connectivity index (χ4v) is 3.19. The Hall–Kier alpha value is -1.68. The summed E-state index contributed by atoms with van der Waals surface area (Å²) in [5.41, 5.74) is 1.69. The first-order valence-electron chi connectivity index (χ1n) is 8.94. The second-order valence-electron chi connectivity index (χ2n) is 6.19. The number of nitrogens with zero attached hydrogens (tertiary/aromatic N) is 1. The molecule has 0 spiro atoms. The van der Waals surface area contributed by atoms with Gasteiger partial charge in [-0.25, -0.2) is 12.8 Å². The van der Waals surface area contributed by atoms with Gasteiger partial charge >= 0.3 is 0 Å². The third kappa shape index (κ3) is 8.14. The van der Waals surface area contributed by atoms with E-state index in [9.17, 15) is 12.8 Å². The van der Waals surface area contributed by atoms with Crippen molar-refractivity contribution in [1.29, 1.82) is 0 Å². The second kappa shape index (κ2) is 12.0. The van der Waals surface area contributed by atoms with Crippen molar-refractivity contribution >= 4 is 39.8 Å². The summed E-state index contributed by atoms with van der Waals surface area (Å²) in [6, 6.07) is 13.6. The predicted octanol–water partition coefficient (Wildman–Crippen LogP) is 3.19. The van der Waals surface area contributed by atoms with E-state index in [-0.39, 0.29) is 29.8 Å².